The molecule has 0 saturated heterocycles. The van der Waals surface area contributed by atoms with Gasteiger partial charge in [0.25, 0.3) is 0 Å². The molecule has 2 rings (SSSR count). The molecule has 1 nitrogen and oxygen atoms in total. The van der Waals surface area contributed by atoms with E-state index < -0.39 is 11.6 Å². The van der Waals surface area contributed by atoms with E-state index in [1.807, 2.05) is 11.4 Å². The molecule has 0 aliphatic heterocycles. The summed E-state index contributed by atoms with van der Waals surface area (Å²) in [7, 11) is 1.76. The lowest BCUT2D eigenvalue weighted by Gasteiger charge is -2.16. The van der Waals surface area contributed by atoms with E-state index in [4.69, 9.17) is 0 Å². The Hall–Kier alpha value is -0.530. The predicted octanol–water partition coefficient (Wildman–Crippen LogP) is 3.94. The van der Waals surface area contributed by atoms with Crippen LogP contribution in [0.5, 0.6) is 0 Å². The topological polar surface area (TPSA) is 12.0 Å². The molecule has 0 radical (unpaired) electrons. The first kappa shape index (κ1) is 12.9. The van der Waals surface area contributed by atoms with Gasteiger partial charge < -0.3 is 5.32 Å². The zero-order valence-corrected chi connectivity index (χ0v) is 12.0. The van der Waals surface area contributed by atoms with Crippen molar-refractivity contribution in [3.8, 4) is 0 Å². The third-order valence-corrected chi connectivity index (χ3v) is 4.29. The van der Waals surface area contributed by atoms with Gasteiger partial charge in [0, 0.05) is 11.6 Å². The van der Waals surface area contributed by atoms with Crippen LogP contribution in [0.4, 0.5) is 8.78 Å². The molecule has 0 aliphatic carbocycles. The van der Waals surface area contributed by atoms with Gasteiger partial charge in [-0.15, -0.1) is 11.3 Å². The summed E-state index contributed by atoms with van der Waals surface area (Å²) in [5.41, 5.74) is 1.45. The second-order valence-corrected chi connectivity index (χ2v) is 6.38. The molecular weight excluding hydrogens is 355 g/mol. The fraction of sp³-hybridized carbons (Fsp3) is 0.167. The van der Waals surface area contributed by atoms with Gasteiger partial charge in [0.2, 0.25) is 0 Å². The van der Waals surface area contributed by atoms with Crippen molar-refractivity contribution in [2.45, 2.75) is 6.04 Å². The first-order valence-electron chi connectivity index (χ1n) is 4.98. The van der Waals surface area contributed by atoms with Crippen molar-refractivity contribution in [3.63, 3.8) is 0 Å². The summed E-state index contributed by atoms with van der Waals surface area (Å²) in [6, 6.07) is 5.43. The van der Waals surface area contributed by atoms with Gasteiger partial charge in [-0.3, -0.25) is 0 Å². The first-order chi connectivity index (χ1) is 8.11. The zero-order chi connectivity index (χ0) is 12.4. The largest absolute Gasteiger partial charge is 0.309 e. The molecule has 0 fully saturated rings. The van der Waals surface area contributed by atoms with E-state index in [0.29, 0.717) is 5.56 Å². The Bertz CT molecular complexity index is 527. The van der Waals surface area contributed by atoms with Crippen molar-refractivity contribution in [1.82, 2.24) is 5.32 Å². The van der Waals surface area contributed by atoms with Gasteiger partial charge in [0.1, 0.15) is 11.6 Å². The monoisotopic (exact) mass is 365 g/mol. The molecular formula is C12H10F2INS. The molecule has 5 heteroatoms. The van der Waals surface area contributed by atoms with Crippen LogP contribution < -0.4 is 5.32 Å². The van der Waals surface area contributed by atoms with Gasteiger partial charge >= 0.3 is 0 Å². The Labute approximate surface area is 116 Å². The highest BCUT2D eigenvalue weighted by Gasteiger charge is 2.17. The highest BCUT2D eigenvalue weighted by atomic mass is 127. The minimum Gasteiger partial charge on any atom is -0.309 e. The van der Waals surface area contributed by atoms with E-state index in [1.165, 1.54) is 12.1 Å². The van der Waals surface area contributed by atoms with E-state index >= 15 is 0 Å². The minimum absolute atomic E-state index is 0.240. The molecule has 0 amide bonds. The smallest absolute Gasteiger partial charge is 0.131 e. The molecule has 90 valence electrons. The molecule has 1 heterocycles. The number of rotatable bonds is 3. The number of hydrogen-bond acceptors (Lipinski definition) is 2. The molecule has 2 aromatic rings. The van der Waals surface area contributed by atoms with Crippen LogP contribution in [0.15, 0.2) is 29.6 Å². The van der Waals surface area contributed by atoms with Crippen molar-refractivity contribution in [1.29, 1.82) is 0 Å². The third kappa shape index (κ3) is 2.83. The van der Waals surface area contributed by atoms with Crippen LogP contribution >= 0.6 is 33.9 Å². The molecule has 1 atom stereocenters. The van der Waals surface area contributed by atoms with Gasteiger partial charge in [0.15, 0.2) is 0 Å². The summed E-state index contributed by atoms with van der Waals surface area (Å²) >= 11 is 3.82. The lowest BCUT2D eigenvalue weighted by Crippen LogP contribution is -2.18. The van der Waals surface area contributed by atoms with E-state index in [9.17, 15) is 8.78 Å². The Morgan fingerprint density at radius 1 is 1.29 bits per heavy atom. The van der Waals surface area contributed by atoms with E-state index in [2.05, 4.69) is 27.9 Å². The number of hydrogen-bond donors (Lipinski definition) is 1. The maximum absolute atomic E-state index is 13.7. The summed E-state index contributed by atoms with van der Waals surface area (Å²) < 4.78 is 27.7. The Kier molecular flexibility index (Phi) is 4.11. The SMILES string of the molecule is CNC(c1csc(I)c1)c1ccc(F)cc1F. The molecule has 1 unspecified atom stereocenters. The molecule has 0 aliphatic rings. The van der Waals surface area contributed by atoms with Crippen LogP contribution in [0.1, 0.15) is 17.2 Å². The maximum atomic E-state index is 13.7. The van der Waals surface area contributed by atoms with E-state index in [-0.39, 0.29) is 6.04 Å². The van der Waals surface area contributed by atoms with Crippen molar-refractivity contribution >= 4 is 33.9 Å². The second-order valence-electron chi connectivity index (χ2n) is 3.57. The zero-order valence-electron chi connectivity index (χ0n) is 9.01. The molecule has 1 N–H and O–H groups in total. The fourth-order valence-corrected chi connectivity index (χ4v) is 3.11. The van der Waals surface area contributed by atoms with Crippen LogP contribution in [-0.4, -0.2) is 7.05 Å². The summed E-state index contributed by atoms with van der Waals surface area (Å²) in [6.45, 7) is 0. The normalized spacial score (nSPS) is 12.7. The first-order valence-corrected chi connectivity index (χ1v) is 6.94. The van der Waals surface area contributed by atoms with Gasteiger partial charge in [-0.25, -0.2) is 8.78 Å². The fourth-order valence-electron chi connectivity index (χ4n) is 1.71. The summed E-state index contributed by atoms with van der Waals surface area (Å²) in [5.74, 6) is -1.08. The lowest BCUT2D eigenvalue weighted by atomic mass is 10.0. The van der Waals surface area contributed by atoms with Gasteiger partial charge in [-0.2, -0.15) is 0 Å². The number of nitrogens with one attached hydrogen (secondary N) is 1. The molecule has 17 heavy (non-hydrogen) atoms. The Balaban J connectivity index is 2.42. The Morgan fingerprint density at radius 3 is 2.59 bits per heavy atom. The summed E-state index contributed by atoms with van der Waals surface area (Å²) in [4.78, 5) is 0. The van der Waals surface area contributed by atoms with Crippen LogP contribution in [0.25, 0.3) is 0 Å². The van der Waals surface area contributed by atoms with Gasteiger partial charge in [-0.05, 0) is 52.7 Å². The Morgan fingerprint density at radius 2 is 2.06 bits per heavy atom. The van der Waals surface area contributed by atoms with Crippen molar-refractivity contribution in [3.05, 3.63) is 55.3 Å². The molecule has 0 saturated carbocycles. The summed E-state index contributed by atoms with van der Waals surface area (Å²) in [5, 5.41) is 5.03. The van der Waals surface area contributed by atoms with Crippen LogP contribution in [-0.2, 0) is 0 Å². The van der Waals surface area contributed by atoms with Crippen LogP contribution in [0.2, 0.25) is 0 Å². The average molecular weight is 365 g/mol. The van der Waals surface area contributed by atoms with Gasteiger partial charge in [0.05, 0.1) is 8.93 Å². The maximum Gasteiger partial charge on any atom is 0.131 e. The number of halogens is 3. The van der Waals surface area contributed by atoms with Crippen LogP contribution in [0.3, 0.4) is 0 Å². The third-order valence-electron chi connectivity index (χ3n) is 2.48. The van der Waals surface area contributed by atoms with Crippen molar-refractivity contribution in [2.24, 2.45) is 0 Å². The number of benzene rings is 1. The van der Waals surface area contributed by atoms with Gasteiger partial charge in [-0.1, -0.05) is 6.07 Å². The molecule has 1 aromatic heterocycles. The minimum atomic E-state index is -0.555. The van der Waals surface area contributed by atoms with E-state index in [1.54, 1.807) is 18.4 Å². The molecule has 0 spiro atoms. The van der Waals surface area contributed by atoms with E-state index in [0.717, 1.165) is 14.5 Å². The lowest BCUT2D eigenvalue weighted by molar-refractivity contribution is 0.552. The molecule has 1 aromatic carbocycles. The average Bonchev–Trinajstić information content (AvgIpc) is 2.69. The second kappa shape index (κ2) is 5.41. The van der Waals surface area contributed by atoms with Crippen molar-refractivity contribution in [2.75, 3.05) is 7.05 Å². The van der Waals surface area contributed by atoms with Crippen LogP contribution in [0, 0.1) is 14.5 Å². The molecule has 0 bridgehead atoms. The summed E-state index contributed by atoms with van der Waals surface area (Å²) in [6.07, 6.45) is 0. The highest BCUT2D eigenvalue weighted by molar-refractivity contribution is 14.1. The number of thiophene rings is 1. The highest BCUT2D eigenvalue weighted by Crippen LogP contribution is 2.28. The predicted molar refractivity (Wildman–Crippen MR) is 74.3 cm³/mol. The standard InChI is InChI=1S/C12H10F2INS/c1-16-12(7-4-11(15)17-6-7)9-3-2-8(13)5-10(9)14/h2-6,12,16H,1H3. The quantitative estimate of drug-likeness (QED) is 0.813. The van der Waals surface area contributed by atoms with Crippen molar-refractivity contribution < 1.29 is 8.78 Å².